The highest BCUT2D eigenvalue weighted by molar-refractivity contribution is 7.90. The summed E-state index contributed by atoms with van der Waals surface area (Å²) in [6, 6.07) is 9.10. The van der Waals surface area contributed by atoms with Crippen LogP contribution < -0.4 is 21.1 Å². The van der Waals surface area contributed by atoms with Crippen LogP contribution in [0.1, 0.15) is 60.5 Å². The van der Waals surface area contributed by atoms with Gasteiger partial charge >= 0.3 is 6.03 Å². The third-order valence-electron chi connectivity index (χ3n) is 7.95. The fraction of sp³-hybridized carbons (Fsp3) is 0.406. The molecule has 0 bridgehead atoms. The van der Waals surface area contributed by atoms with Gasteiger partial charge in [-0.1, -0.05) is 25.8 Å². The van der Waals surface area contributed by atoms with Crippen LogP contribution in [0.2, 0.25) is 0 Å². The zero-order chi connectivity index (χ0) is 32.7. The van der Waals surface area contributed by atoms with E-state index in [9.17, 15) is 26.8 Å². The lowest BCUT2D eigenvalue weighted by molar-refractivity contribution is 0.0996. The van der Waals surface area contributed by atoms with Crippen LogP contribution in [0.25, 0.3) is 0 Å². The molecule has 3 aromatic rings. The highest BCUT2D eigenvalue weighted by atomic mass is 32.2. The zero-order valence-electron chi connectivity index (χ0n) is 25.6. The van der Waals surface area contributed by atoms with Crippen molar-refractivity contribution in [2.45, 2.75) is 63.4 Å². The van der Waals surface area contributed by atoms with Crippen molar-refractivity contribution in [2.75, 3.05) is 24.7 Å². The van der Waals surface area contributed by atoms with E-state index in [1.165, 1.54) is 6.07 Å². The van der Waals surface area contributed by atoms with Crippen molar-refractivity contribution in [3.63, 3.8) is 0 Å². The van der Waals surface area contributed by atoms with E-state index in [1.807, 2.05) is 6.07 Å². The van der Waals surface area contributed by atoms with E-state index < -0.39 is 39.0 Å². The molecule has 0 spiro atoms. The summed E-state index contributed by atoms with van der Waals surface area (Å²) in [6.45, 7) is 6.18. The molecule has 242 valence electrons. The maximum absolute atomic E-state index is 14.3. The first-order valence-electron chi connectivity index (χ1n) is 14.9. The molecule has 1 aromatic heterocycles. The topological polar surface area (TPSA) is 144 Å². The molecular weight excluding hydrogens is 604 g/mol. The number of carbonyl (C=O) groups is 2. The zero-order valence-corrected chi connectivity index (χ0v) is 26.4. The number of pyridine rings is 1. The molecule has 3 amide bonds. The van der Waals surface area contributed by atoms with Crippen molar-refractivity contribution in [2.24, 2.45) is 11.7 Å². The SMILES string of the molecule is CCCCC(NC(=O)Nc1cc(C(N)=O)c(F)cc1F)C1CCN(Cc2ccc(Oc3ccc(S(C)(=O)=O)cc3C)nc2)CC1. The fourth-order valence-electron chi connectivity index (χ4n) is 5.43. The van der Waals surface area contributed by atoms with Crippen molar-refractivity contribution in [1.29, 1.82) is 0 Å². The highest BCUT2D eigenvalue weighted by Crippen LogP contribution is 2.28. The molecule has 1 atom stereocenters. The Bertz CT molecular complexity index is 1630. The summed E-state index contributed by atoms with van der Waals surface area (Å²) in [4.78, 5) is 31.2. The van der Waals surface area contributed by atoms with Gasteiger partial charge in [0.1, 0.15) is 17.4 Å². The quantitative estimate of drug-likeness (QED) is 0.235. The molecule has 0 saturated carbocycles. The number of aromatic nitrogens is 1. The van der Waals surface area contributed by atoms with Crippen molar-refractivity contribution in [3.05, 3.63) is 77.0 Å². The van der Waals surface area contributed by atoms with Crippen molar-refractivity contribution >= 4 is 27.5 Å². The molecule has 2 heterocycles. The summed E-state index contributed by atoms with van der Waals surface area (Å²) < 4.78 is 57.6. The number of nitrogens with one attached hydrogen (secondary N) is 2. The molecular formula is C32H39F2N5O5S. The minimum Gasteiger partial charge on any atom is -0.439 e. The van der Waals surface area contributed by atoms with Crippen LogP contribution >= 0.6 is 0 Å². The second-order valence-electron chi connectivity index (χ2n) is 11.4. The molecule has 0 radical (unpaired) electrons. The number of rotatable bonds is 12. The molecule has 0 aliphatic carbocycles. The first-order valence-corrected chi connectivity index (χ1v) is 16.8. The number of primary amides is 1. The van der Waals surface area contributed by atoms with Crippen molar-refractivity contribution in [3.8, 4) is 11.6 Å². The van der Waals surface area contributed by atoms with Crippen molar-refractivity contribution < 1.29 is 31.5 Å². The Morgan fingerprint density at radius 2 is 1.84 bits per heavy atom. The largest absolute Gasteiger partial charge is 0.439 e. The third kappa shape index (κ3) is 9.21. The van der Waals surface area contributed by atoms with E-state index in [2.05, 4.69) is 27.4 Å². The van der Waals surface area contributed by atoms with Gasteiger partial charge in [0.05, 0.1) is 16.1 Å². The molecule has 13 heteroatoms. The summed E-state index contributed by atoms with van der Waals surface area (Å²) in [6.07, 6.45) is 7.24. The number of hydrogen-bond acceptors (Lipinski definition) is 7. The predicted octanol–water partition coefficient (Wildman–Crippen LogP) is 5.56. The van der Waals surface area contributed by atoms with Crippen LogP contribution in [-0.4, -0.2) is 55.6 Å². The number of piperidine rings is 1. The molecule has 1 saturated heterocycles. The number of likely N-dealkylation sites (tertiary alicyclic amines) is 1. The van der Waals surface area contributed by atoms with Gasteiger partial charge in [0.2, 0.25) is 5.88 Å². The van der Waals surface area contributed by atoms with E-state index in [0.29, 0.717) is 29.8 Å². The maximum atomic E-state index is 14.3. The number of amides is 3. The lowest BCUT2D eigenvalue weighted by Crippen LogP contribution is -2.46. The molecule has 2 aromatic carbocycles. The minimum atomic E-state index is -3.30. The number of nitrogens with two attached hydrogens (primary N) is 1. The van der Waals surface area contributed by atoms with E-state index in [4.69, 9.17) is 10.5 Å². The Labute approximate surface area is 262 Å². The Morgan fingerprint density at radius 3 is 2.44 bits per heavy atom. The standard InChI is InChI=1S/C32H39F2N5O5S/c1-4-5-6-27(37-32(41)38-28-16-24(31(35)40)25(33)17-26(28)34)22-11-13-39(14-12-22)19-21-7-10-30(36-18-21)44-29-9-8-23(15-20(29)2)45(3,42)43/h7-10,15-18,22,27H,4-6,11-14,19H2,1-3H3,(H2,35,40)(H2,37,38,41). The van der Waals surface area contributed by atoms with Gasteiger partial charge in [0.25, 0.3) is 5.91 Å². The normalized spacial score (nSPS) is 15.0. The smallest absolute Gasteiger partial charge is 0.319 e. The van der Waals surface area contributed by atoms with Gasteiger partial charge in [0, 0.05) is 37.2 Å². The third-order valence-corrected chi connectivity index (χ3v) is 9.06. The number of hydrogen-bond donors (Lipinski definition) is 3. The first kappa shape index (κ1) is 33.8. The van der Waals surface area contributed by atoms with Gasteiger partial charge in [-0.2, -0.15) is 0 Å². The summed E-state index contributed by atoms with van der Waals surface area (Å²) >= 11 is 0. The van der Waals surface area contributed by atoms with Gasteiger partial charge in [-0.25, -0.2) is 27.0 Å². The summed E-state index contributed by atoms with van der Waals surface area (Å²) in [5, 5.41) is 5.37. The molecule has 4 N–H and O–H groups in total. The molecule has 1 aliphatic rings. The lowest BCUT2D eigenvalue weighted by atomic mass is 9.86. The molecule has 45 heavy (non-hydrogen) atoms. The number of benzene rings is 2. The van der Waals surface area contributed by atoms with Crippen LogP contribution in [0, 0.1) is 24.5 Å². The maximum Gasteiger partial charge on any atom is 0.319 e. The van der Waals surface area contributed by atoms with E-state index in [1.54, 1.807) is 31.3 Å². The first-order chi connectivity index (χ1) is 21.3. The molecule has 10 nitrogen and oxygen atoms in total. The van der Waals surface area contributed by atoms with Gasteiger partial charge in [-0.15, -0.1) is 0 Å². The van der Waals surface area contributed by atoms with Gasteiger partial charge in [0.15, 0.2) is 9.84 Å². The lowest BCUT2D eigenvalue weighted by Gasteiger charge is -2.36. The van der Waals surface area contributed by atoms with Gasteiger partial charge in [-0.3, -0.25) is 9.69 Å². The van der Waals surface area contributed by atoms with Gasteiger partial charge < -0.3 is 21.1 Å². The average molecular weight is 644 g/mol. The van der Waals surface area contributed by atoms with Gasteiger partial charge in [-0.05, 0) is 80.6 Å². The molecule has 1 unspecified atom stereocenters. The van der Waals surface area contributed by atoms with E-state index >= 15 is 0 Å². The number of halogens is 2. The average Bonchev–Trinajstić information content (AvgIpc) is 2.98. The van der Waals surface area contributed by atoms with Crippen LogP contribution in [0.5, 0.6) is 11.6 Å². The molecule has 4 rings (SSSR count). The highest BCUT2D eigenvalue weighted by Gasteiger charge is 2.28. The molecule has 1 aliphatic heterocycles. The number of carbonyl (C=O) groups excluding carboxylic acids is 2. The second-order valence-corrected chi connectivity index (χ2v) is 13.5. The second kappa shape index (κ2) is 14.8. The number of nitrogens with zero attached hydrogens (tertiary/aromatic N) is 2. The van der Waals surface area contributed by atoms with Crippen LogP contribution in [0.15, 0.2) is 53.6 Å². The monoisotopic (exact) mass is 643 g/mol. The Morgan fingerprint density at radius 1 is 1.11 bits per heavy atom. The fourth-order valence-corrected chi connectivity index (χ4v) is 6.13. The molecule has 1 fully saturated rings. The van der Waals surface area contributed by atoms with E-state index in [-0.39, 0.29) is 22.5 Å². The summed E-state index contributed by atoms with van der Waals surface area (Å²) in [5.74, 6) is -2.00. The number of anilines is 1. The Hall–Kier alpha value is -4.10. The minimum absolute atomic E-state index is 0.140. The number of sulfone groups is 1. The van der Waals surface area contributed by atoms with Crippen LogP contribution in [0.3, 0.4) is 0 Å². The van der Waals surface area contributed by atoms with E-state index in [0.717, 1.165) is 63.1 Å². The summed E-state index contributed by atoms with van der Waals surface area (Å²) in [7, 11) is -3.30. The number of ether oxygens (including phenoxy) is 1. The van der Waals surface area contributed by atoms with Crippen LogP contribution in [0.4, 0.5) is 19.3 Å². The van der Waals surface area contributed by atoms with Crippen LogP contribution in [-0.2, 0) is 16.4 Å². The number of unbranched alkanes of at least 4 members (excludes halogenated alkanes) is 1. The Balaban J connectivity index is 1.31. The predicted molar refractivity (Wildman–Crippen MR) is 167 cm³/mol. The van der Waals surface area contributed by atoms with Crippen molar-refractivity contribution in [1.82, 2.24) is 15.2 Å². The Kier molecular flexibility index (Phi) is 11.1. The number of aryl methyl sites for hydroxylation is 1. The summed E-state index contributed by atoms with van der Waals surface area (Å²) in [5.41, 5.74) is 6.03. The number of urea groups is 1.